The molecule has 0 aliphatic carbocycles. The van der Waals surface area contributed by atoms with Gasteiger partial charge in [-0.15, -0.1) is 0 Å². The van der Waals surface area contributed by atoms with Crippen molar-refractivity contribution in [1.82, 2.24) is 4.90 Å². The number of fused-ring (bicyclic) bond motifs is 1. The minimum absolute atomic E-state index is 0.110. The molecule has 0 spiro atoms. The maximum Gasteiger partial charge on any atom is 0.369 e. The summed E-state index contributed by atoms with van der Waals surface area (Å²) >= 11 is 0. The van der Waals surface area contributed by atoms with Gasteiger partial charge in [-0.05, 0) is 18.1 Å². The number of carbonyl (C=O) groups excluding carboxylic acids is 4. The summed E-state index contributed by atoms with van der Waals surface area (Å²) in [7, 11) is 0. The van der Waals surface area contributed by atoms with Crippen LogP contribution in [0.15, 0.2) is 23.3 Å². The molecule has 0 aromatic heterocycles. The number of cyclic esters (lactones) is 2. The van der Waals surface area contributed by atoms with Crippen molar-refractivity contribution in [2.75, 3.05) is 12.0 Å². The highest BCUT2D eigenvalue weighted by Crippen LogP contribution is 2.30. The number of nitrogens with one attached hydrogen (secondary N) is 1. The molecule has 0 bridgehead atoms. The van der Waals surface area contributed by atoms with Crippen LogP contribution in [0.5, 0.6) is 0 Å². The van der Waals surface area contributed by atoms with Gasteiger partial charge in [-0.3, -0.25) is 19.9 Å². The van der Waals surface area contributed by atoms with E-state index in [1.165, 1.54) is 24.8 Å². The lowest BCUT2D eigenvalue weighted by Gasteiger charge is -2.28. The zero-order chi connectivity index (χ0) is 19.9. The number of nitrogens with zero attached hydrogens (tertiary/aromatic N) is 2. The number of esters is 2. The molecule has 2 amide bonds. The van der Waals surface area contributed by atoms with E-state index < -0.39 is 35.3 Å². The molecule has 2 aliphatic heterocycles. The molecule has 1 aromatic carbocycles. The fourth-order valence-corrected chi connectivity index (χ4v) is 2.81. The number of rotatable bonds is 4. The van der Waals surface area contributed by atoms with Gasteiger partial charge in [0.15, 0.2) is 0 Å². The molecule has 0 unspecified atom stereocenters. The van der Waals surface area contributed by atoms with E-state index in [1.807, 2.05) is 13.8 Å². The van der Waals surface area contributed by atoms with Crippen molar-refractivity contribution in [2.45, 2.75) is 33.5 Å². The summed E-state index contributed by atoms with van der Waals surface area (Å²) in [6, 6.07) is 4.64. The van der Waals surface area contributed by atoms with Crippen molar-refractivity contribution < 1.29 is 28.7 Å². The van der Waals surface area contributed by atoms with Crippen molar-refractivity contribution in [3.63, 3.8) is 0 Å². The number of hydrogen-bond donors (Lipinski definition) is 1. The SMILES string of the molecule is CC(C)CN1C(=O)c2cccc(NN=C3C(=O)OC(C)(C)OC3=O)c2C1=O. The van der Waals surface area contributed by atoms with Crippen LogP contribution in [0.3, 0.4) is 0 Å². The summed E-state index contributed by atoms with van der Waals surface area (Å²) in [6.45, 7) is 6.93. The van der Waals surface area contributed by atoms with Crippen LogP contribution in [0, 0.1) is 5.92 Å². The van der Waals surface area contributed by atoms with E-state index in [1.54, 1.807) is 12.1 Å². The van der Waals surface area contributed by atoms with Crippen LogP contribution in [-0.2, 0) is 19.1 Å². The van der Waals surface area contributed by atoms with Gasteiger partial charge in [0.25, 0.3) is 23.3 Å². The first kappa shape index (κ1) is 18.6. The first-order valence-electron chi connectivity index (χ1n) is 8.40. The quantitative estimate of drug-likeness (QED) is 0.484. The van der Waals surface area contributed by atoms with E-state index in [4.69, 9.17) is 9.47 Å². The lowest BCUT2D eigenvalue weighted by atomic mass is 10.1. The van der Waals surface area contributed by atoms with Gasteiger partial charge in [-0.25, -0.2) is 9.59 Å². The molecular formula is C18H19N3O6. The normalized spacial score (nSPS) is 18.4. The summed E-state index contributed by atoms with van der Waals surface area (Å²) in [4.78, 5) is 50.2. The Balaban J connectivity index is 1.89. The van der Waals surface area contributed by atoms with Gasteiger partial charge in [0, 0.05) is 20.4 Å². The van der Waals surface area contributed by atoms with Gasteiger partial charge in [0.1, 0.15) is 0 Å². The molecule has 1 fully saturated rings. The van der Waals surface area contributed by atoms with Gasteiger partial charge in [-0.1, -0.05) is 19.9 Å². The first-order chi connectivity index (χ1) is 12.6. The zero-order valence-corrected chi connectivity index (χ0v) is 15.4. The summed E-state index contributed by atoms with van der Waals surface area (Å²) in [5.74, 6) is -4.00. The first-order valence-corrected chi connectivity index (χ1v) is 8.40. The second-order valence-corrected chi connectivity index (χ2v) is 7.09. The predicted octanol–water partition coefficient (Wildman–Crippen LogP) is 1.54. The summed E-state index contributed by atoms with van der Waals surface area (Å²) in [5, 5.41) is 3.74. The fourth-order valence-electron chi connectivity index (χ4n) is 2.81. The van der Waals surface area contributed by atoms with Gasteiger partial charge < -0.3 is 9.47 Å². The average Bonchev–Trinajstić information content (AvgIpc) is 2.78. The molecule has 1 aromatic rings. The highest BCUT2D eigenvalue weighted by molar-refractivity contribution is 6.63. The maximum atomic E-state index is 12.7. The van der Waals surface area contributed by atoms with Crippen LogP contribution >= 0.6 is 0 Å². The maximum absolute atomic E-state index is 12.7. The zero-order valence-electron chi connectivity index (χ0n) is 15.4. The summed E-state index contributed by atoms with van der Waals surface area (Å²) in [6.07, 6.45) is 0. The minimum Gasteiger partial charge on any atom is -0.418 e. The van der Waals surface area contributed by atoms with Gasteiger partial charge in [0.05, 0.1) is 16.8 Å². The number of hydrogen-bond acceptors (Lipinski definition) is 8. The van der Waals surface area contributed by atoms with Crippen LogP contribution < -0.4 is 5.43 Å². The predicted molar refractivity (Wildman–Crippen MR) is 94.0 cm³/mol. The van der Waals surface area contributed by atoms with Crippen LogP contribution in [0.25, 0.3) is 0 Å². The lowest BCUT2D eigenvalue weighted by molar-refractivity contribution is -0.214. The second-order valence-electron chi connectivity index (χ2n) is 7.09. The van der Waals surface area contributed by atoms with Gasteiger partial charge in [0.2, 0.25) is 0 Å². The van der Waals surface area contributed by atoms with Crippen LogP contribution in [0.4, 0.5) is 5.69 Å². The van der Waals surface area contributed by atoms with E-state index in [-0.39, 0.29) is 29.3 Å². The van der Waals surface area contributed by atoms with Crippen molar-refractivity contribution in [3.05, 3.63) is 29.3 Å². The molecular weight excluding hydrogens is 354 g/mol. The Morgan fingerprint density at radius 2 is 1.70 bits per heavy atom. The van der Waals surface area contributed by atoms with Gasteiger partial charge >= 0.3 is 11.9 Å². The van der Waals surface area contributed by atoms with E-state index in [9.17, 15) is 19.2 Å². The fraction of sp³-hybridized carbons (Fsp3) is 0.389. The topological polar surface area (TPSA) is 114 Å². The molecule has 2 aliphatic rings. The highest BCUT2D eigenvalue weighted by Gasteiger charge is 2.41. The van der Waals surface area contributed by atoms with Crippen LogP contribution in [-0.4, -0.2) is 46.7 Å². The van der Waals surface area contributed by atoms with Crippen molar-refractivity contribution in [3.8, 4) is 0 Å². The monoisotopic (exact) mass is 373 g/mol. The number of carbonyl (C=O) groups is 4. The smallest absolute Gasteiger partial charge is 0.369 e. The number of anilines is 1. The standard InChI is InChI=1S/C18H19N3O6/c1-9(2)8-21-14(22)10-6-5-7-11(12(10)15(21)23)19-20-13-16(24)26-18(3,4)27-17(13)25/h5-7,9,19H,8H2,1-4H3. The van der Waals surface area contributed by atoms with Crippen molar-refractivity contribution in [2.24, 2.45) is 11.0 Å². The molecule has 0 radical (unpaired) electrons. The number of benzene rings is 1. The Morgan fingerprint density at radius 3 is 2.30 bits per heavy atom. The third-order valence-electron chi connectivity index (χ3n) is 3.90. The van der Waals surface area contributed by atoms with Gasteiger partial charge in [-0.2, -0.15) is 5.10 Å². The van der Waals surface area contributed by atoms with Crippen LogP contribution in [0.2, 0.25) is 0 Å². The molecule has 2 heterocycles. The number of amides is 2. The Labute approximate surface area is 155 Å². The Hall–Kier alpha value is -3.23. The highest BCUT2D eigenvalue weighted by atomic mass is 16.7. The molecule has 0 atom stereocenters. The number of imide groups is 1. The Morgan fingerprint density at radius 1 is 1.07 bits per heavy atom. The van der Waals surface area contributed by atoms with E-state index in [0.29, 0.717) is 0 Å². The molecule has 9 nitrogen and oxygen atoms in total. The molecule has 142 valence electrons. The molecule has 1 N–H and O–H groups in total. The van der Waals surface area contributed by atoms with E-state index in [2.05, 4.69) is 10.5 Å². The summed E-state index contributed by atoms with van der Waals surface area (Å²) < 4.78 is 9.91. The Kier molecular flexibility index (Phi) is 4.46. The van der Waals surface area contributed by atoms with Crippen molar-refractivity contribution >= 4 is 35.2 Å². The summed E-state index contributed by atoms with van der Waals surface area (Å²) in [5.41, 5.74) is 2.52. The molecule has 27 heavy (non-hydrogen) atoms. The molecule has 0 saturated carbocycles. The third-order valence-corrected chi connectivity index (χ3v) is 3.90. The molecule has 1 saturated heterocycles. The third kappa shape index (κ3) is 3.40. The number of ether oxygens (including phenoxy) is 2. The average molecular weight is 373 g/mol. The molecule has 3 rings (SSSR count). The van der Waals surface area contributed by atoms with E-state index in [0.717, 1.165) is 0 Å². The minimum atomic E-state index is -1.37. The van der Waals surface area contributed by atoms with Crippen molar-refractivity contribution in [1.29, 1.82) is 0 Å². The van der Waals surface area contributed by atoms with E-state index >= 15 is 0 Å². The Bertz CT molecular complexity index is 865. The largest absolute Gasteiger partial charge is 0.418 e. The lowest BCUT2D eigenvalue weighted by Crippen LogP contribution is -2.47. The second kappa shape index (κ2) is 6.49. The molecule has 9 heteroatoms. The number of hydrazone groups is 1. The van der Waals surface area contributed by atoms with Crippen LogP contribution in [0.1, 0.15) is 48.4 Å².